The molecule has 4 rings (SSSR count). The monoisotopic (exact) mass is 284 g/mol. The summed E-state index contributed by atoms with van der Waals surface area (Å²) in [5, 5.41) is 0. The number of ether oxygens (including phenoxy) is 1. The van der Waals surface area contributed by atoms with Gasteiger partial charge in [-0.2, -0.15) is 0 Å². The minimum Gasteiger partial charge on any atom is -0.497 e. The highest BCUT2D eigenvalue weighted by molar-refractivity contribution is 5.82. The zero-order chi connectivity index (χ0) is 14.4. The van der Waals surface area contributed by atoms with E-state index in [1.54, 1.807) is 12.7 Å². The average Bonchev–Trinajstić information content (AvgIpc) is 2.54. The van der Waals surface area contributed by atoms with Crippen molar-refractivity contribution in [3.8, 4) is 5.75 Å². The lowest BCUT2D eigenvalue weighted by Gasteiger charge is -2.47. The van der Waals surface area contributed by atoms with Gasteiger partial charge in [0.25, 0.3) is 0 Å². The standard InChI is InChI=1S/C19H24O2/c1-21-13-6-8-14-12(11-13)5-7-17-15-3-2-4-19(20)18(15)10-9-16(14)17/h6,8,11,15-18H,2-5,7,9-10H2,1H3/t15-,16+,17-,18+/m0/s1. The Morgan fingerprint density at radius 2 is 1.81 bits per heavy atom. The number of aryl methyl sites for hydroxylation is 1. The van der Waals surface area contributed by atoms with E-state index in [4.69, 9.17) is 4.74 Å². The summed E-state index contributed by atoms with van der Waals surface area (Å²) >= 11 is 0. The van der Waals surface area contributed by atoms with Gasteiger partial charge in [0.15, 0.2) is 0 Å². The Kier molecular flexibility index (Phi) is 3.28. The first-order valence-electron chi connectivity index (χ1n) is 8.47. The maximum Gasteiger partial charge on any atom is 0.136 e. The summed E-state index contributed by atoms with van der Waals surface area (Å²) < 4.78 is 5.37. The maximum atomic E-state index is 12.2. The molecule has 2 saturated carbocycles. The van der Waals surface area contributed by atoms with E-state index < -0.39 is 0 Å². The molecule has 1 aromatic carbocycles. The van der Waals surface area contributed by atoms with Crippen molar-refractivity contribution in [3.05, 3.63) is 29.3 Å². The first-order valence-corrected chi connectivity index (χ1v) is 8.47. The van der Waals surface area contributed by atoms with Gasteiger partial charge in [-0.25, -0.2) is 0 Å². The third kappa shape index (κ3) is 2.11. The average molecular weight is 284 g/mol. The molecule has 3 aliphatic carbocycles. The number of fused-ring (bicyclic) bond motifs is 5. The second-order valence-corrected chi connectivity index (χ2v) is 7.08. The van der Waals surface area contributed by atoms with E-state index in [0.717, 1.165) is 37.4 Å². The van der Waals surface area contributed by atoms with Gasteiger partial charge >= 0.3 is 0 Å². The molecule has 0 amide bonds. The van der Waals surface area contributed by atoms with Crippen LogP contribution in [0.5, 0.6) is 5.75 Å². The molecule has 0 saturated heterocycles. The first kappa shape index (κ1) is 13.4. The van der Waals surface area contributed by atoms with Crippen LogP contribution in [0.15, 0.2) is 18.2 Å². The number of benzene rings is 1. The van der Waals surface area contributed by atoms with Crippen molar-refractivity contribution in [1.82, 2.24) is 0 Å². The molecular weight excluding hydrogens is 260 g/mol. The van der Waals surface area contributed by atoms with Gasteiger partial charge in [0.2, 0.25) is 0 Å². The van der Waals surface area contributed by atoms with Gasteiger partial charge in [0.05, 0.1) is 7.11 Å². The SMILES string of the molecule is COc1ccc2c(c1)CC[C@H]1[C@@H]3CCCC(=O)[C@@H]3CC[C@H]21. The Morgan fingerprint density at radius 1 is 1.00 bits per heavy atom. The van der Waals surface area contributed by atoms with Gasteiger partial charge in [0.1, 0.15) is 11.5 Å². The molecule has 2 nitrogen and oxygen atoms in total. The third-order valence-corrected chi connectivity index (χ3v) is 6.24. The van der Waals surface area contributed by atoms with Gasteiger partial charge < -0.3 is 4.74 Å². The van der Waals surface area contributed by atoms with Gasteiger partial charge in [-0.15, -0.1) is 0 Å². The number of carbonyl (C=O) groups is 1. The van der Waals surface area contributed by atoms with Crippen LogP contribution in [-0.2, 0) is 11.2 Å². The molecule has 0 spiro atoms. The Balaban J connectivity index is 1.66. The van der Waals surface area contributed by atoms with E-state index in [2.05, 4.69) is 18.2 Å². The van der Waals surface area contributed by atoms with E-state index >= 15 is 0 Å². The number of carbonyl (C=O) groups excluding carboxylic acids is 1. The predicted molar refractivity (Wildman–Crippen MR) is 82.6 cm³/mol. The van der Waals surface area contributed by atoms with Gasteiger partial charge in [-0.1, -0.05) is 6.07 Å². The summed E-state index contributed by atoms with van der Waals surface area (Å²) in [6.45, 7) is 0. The Hall–Kier alpha value is -1.31. The Bertz CT molecular complexity index is 563. The number of hydrogen-bond acceptors (Lipinski definition) is 2. The predicted octanol–water partition coefficient (Wildman–Crippen LogP) is 4.12. The third-order valence-electron chi connectivity index (χ3n) is 6.24. The summed E-state index contributed by atoms with van der Waals surface area (Å²) in [6, 6.07) is 6.62. The largest absolute Gasteiger partial charge is 0.497 e. The van der Waals surface area contributed by atoms with Crippen molar-refractivity contribution < 1.29 is 9.53 Å². The van der Waals surface area contributed by atoms with Crippen molar-refractivity contribution in [2.75, 3.05) is 7.11 Å². The number of hydrogen-bond donors (Lipinski definition) is 0. The van der Waals surface area contributed by atoms with Gasteiger partial charge in [-0.05, 0) is 79.5 Å². The lowest BCUT2D eigenvalue weighted by atomic mass is 9.56. The van der Waals surface area contributed by atoms with Gasteiger partial charge in [0, 0.05) is 12.3 Å². The first-order chi connectivity index (χ1) is 10.3. The topological polar surface area (TPSA) is 26.3 Å². The summed E-state index contributed by atoms with van der Waals surface area (Å²) in [6.07, 6.45) is 7.99. The van der Waals surface area contributed by atoms with E-state index in [9.17, 15) is 4.79 Å². The Morgan fingerprint density at radius 3 is 2.67 bits per heavy atom. The summed E-state index contributed by atoms with van der Waals surface area (Å²) in [5.41, 5.74) is 3.03. The maximum absolute atomic E-state index is 12.2. The number of Topliss-reactive ketones (excluding diaryl/α,β-unsaturated/α-hetero) is 1. The highest BCUT2D eigenvalue weighted by Gasteiger charge is 2.45. The quantitative estimate of drug-likeness (QED) is 0.775. The fourth-order valence-corrected chi connectivity index (χ4v) is 5.31. The van der Waals surface area contributed by atoms with Crippen LogP contribution in [-0.4, -0.2) is 12.9 Å². The van der Waals surface area contributed by atoms with Gasteiger partial charge in [-0.3, -0.25) is 4.79 Å². The molecule has 0 N–H and O–H groups in total. The zero-order valence-corrected chi connectivity index (χ0v) is 12.8. The van der Waals surface area contributed by atoms with Crippen LogP contribution in [0.1, 0.15) is 55.6 Å². The molecule has 0 aromatic heterocycles. The summed E-state index contributed by atoms with van der Waals surface area (Å²) in [7, 11) is 1.74. The molecule has 0 aliphatic heterocycles. The van der Waals surface area contributed by atoms with Crippen LogP contribution in [0.3, 0.4) is 0 Å². The van der Waals surface area contributed by atoms with E-state index in [1.807, 2.05) is 0 Å². The smallest absolute Gasteiger partial charge is 0.136 e. The molecule has 3 aliphatic rings. The van der Waals surface area contributed by atoms with Crippen molar-refractivity contribution in [2.45, 2.75) is 50.9 Å². The van der Waals surface area contributed by atoms with Crippen molar-refractivity contribution in [3.63, 3.8) is 0 Å². The van der Waals surface area contributed by atoms with Crippen LogP contribution in [0.4, 0.5) is 0 Å². The molecule has 0 radical (unpaired) electrons. The fraction of sp³-hybridized carbons (Fsp3) is 0.632. The fourth-order valence-electron chi connectivity index (χ4n) is 5.31. The van der Waals surface area contributed by atoms with E-state index in [0.29, 0.717) is 23.5 Å². The Labute approximate surface area is 126 Å². The lowest BCUT2D eigenvalue weighted by molar-refractivity contribution is -0.130. The number of rotatable bonds is 1. The lowest BCUT2D eigenvalue weighted by Crippen LogP contribution is -2.41. The highest BCUT2D eigenvalue weighted by Crippen LogP contribution is 2.53. The molecule has 1 aromatic rings. The number of ketones is 1. The molecule has 21 heavy (non-hydrogen) atoms. The minimum atomic E-state index is 0.389. The number of methoxy groups -OCH3 is 1. The van der Waals surface area contributed by atoms with E-state index in [1.165, 1.54) is 24.8 Å². The zero-order valence-electron chi connectivity index (χ0n) is 12.8. The van der Waals surface area contributed by atoms with Crippen LogP contribution < -0.4 is 4.74 Å². The second-order valence-electron chi connectivity index (χ2n) is 7.08. The molecule has 0 unspecified atom stereocenters. The van der Waals surface area contributed by atoms with Crippen molar-refractivity contribution >= 4 is 5.78 Å². The van der Waals surface area contributed by atoms with Crippen molar-refractivity contribution in [2.24, 2.45) is 17.8 Å². The molecule has 2 heteroatoms. The summed E-state index contributed by atoms with van der Waals surface area (Å²) in [4.78, 5) is 12.2. The molecule has 2 fully saturated rings. The van der Waals surface area contributed by atoms with Crippen LogP contribution in [0, 0.1) is 17.8 Å². The molecule has 4 atom stereocenters. The molecule has 0 heterocycles. The molecule has 0 bridgehead atoms. The summed E-state index contributed by atoms with van der Waals surface area (Å²) in [5.74, 6) is 4.03. The molecular formula is C19H24O2. The highest BCUT2D eigenvalue weighted by atomic mass is 16.5. The second kappa shape index (κ2) is 5.15. The van der Waals surface area contributed by atoms with Crippen LogP contribution in [0.2, 0.25) is 0 Å². The van der Waals surface area contributed by atoms with Crippen molar-refractivity contribution in [1.29, 1.82) is 0 Å². The van der Waals surface area contributed by atoms with E-state index in [-0.39, 0.29) is 0 Å². The molecule has 112 valence electrons. The minimum absolute atomic E-state index is 0.389. The van der Waals surface area contributed by atoms with Crippen LogP contribution in [0.25, 0.3) is 0 Å². The van der Waals surface area contributed by atoms with Crippen LogP contribution >= 0.6 is 0 Å². The normalized spacial score (nSPS) is 34.6.